The molecule has 7 heteroatoms. The van der Waals surface area contributed by atoms with Crippen molar-refractivity contribution >= 4 is 24.3 Å². The van der Waals surface area contributed by atoms with Crippen LogP contribution in [0.1, 0.15) is 27.2 Å². The largest absolute Gasteiger partial charge is 0.339 e. The maximum atomic E-state index is 12.1. The van der Waals surface area contributed by atoms with E-state index in [1.165, 1.54) is 0 Å². The Morgan fingerprint density at radius 1 is 1.10 bits per heavy atom. The monoisotopic (exact) mass is 306 g/mol. The van der Waals surface area contributed by atoms with Crippen LogP contribution in [0.15, 0.2) is 0 Å². The topological polar surface area (TPSA) is 69.9 Å². The molecule has 0 spiro atoms. The Balaban J connectivity index is 0.00000361. The first kappa shape index (κ1) is 19.0. The number of halogens is 1. The van der Waals surface area contributed by atoms with Crippen molar-refractivity contribution in [3.63, 3.8) is 0 Å². The lowest BCUT2D eigenvalue weighted by Gasteiger charge is -2.37. The highest BCUT2D eigenvalue weighted by Crippen LogP contribution is 2.07. The quantitative estimate of drug-likeness (QED) is 0.833. The van der Waals surface area contributed by atoms with E-state index in [-0.39, 0.29) is 30.4 Å². The second-order valence-electron chi connectivity index (χ2n) is 5.00. The van der Waals surface area contributed by atoms with Gasteiger partial charge in [-0.05, 0) is 20.8 Å². The van der Waals surface area contributed by atoms with Crippen LogP contribution in [0.5, 0.6) is 0 Å². The first-order valence-electron chi connectivity index (χ1n) is 7.06. The minimum Gasteiger partial charge on any atom is -0.339 e. The molecule has 1 unspecified atom stereocenters. The molecule has 0 bridgehead atoms. The number of amides is 3. The molecule has 0 aromatic rings. The van der Waals surface area contributed by atoms with Crippen LogP contribution in [0.25, 0.3) is 0 Å². The molecule has 1 saturated heterocycles. The molecular formula is C13H27ClN4O2. The average molecular weight is 307 g/mol. The van der Waals surface area contributed by atoms with Crippen LogP contribution >= 0.6 is 12.4 Å². The lowest BCUT2D eigenvalue weighted by molar-refractivity contribution is -0.132. The third-order valence-corrected chi connectivity index (χ3v) is 3.43. The van der Waals surface area contributed by atoms with Crippen molar-refractivity contribution < 1.29 is 9.59 Å². The summed E-state index contributed by atoms with van der Waals surface area (Å²) in [5.41, 5.74) is 5.63. The number of nitrogens with two attached hydrogens (primary N) is 1. The molecule has 20 heavy (non-hydrogen) atoms. The van der Waals surface area contributed by atoms with E-state index in [2.05, 4.69) is 0 Å². The number of piperazine rings is 1. The van der Waals surface area contributed by atoms with E-state index < -0.39 is 0 Å². The summed E-state index contributed by atoms with van der Waals surface area (Å²) in [7, 11) is 0. The van der Waals surface area contributed by atoms with Gasteiger partial charge in [0.05, 0.1) is 0 Å². The summed E-state index contributed by atoms with van der Waals surface area (Å²) in [6, 6.07) is -0.0351. The summed E-state index contributed by atoms with van der Waals surface area (Å²) < 4.78 is 0. The number of hydrogen-bond donors (Lipinski definition) is 1. The molecule has 2 N–H and O–H groups in total. The molecule has 1 atom stereocenters. The van der Waals surface area contributed by atoms with Crippen LogP contribution in [0.3, 0.4) is 0 Å². The Labute approximate surface area is 127 Å². The smallest absolute Gasteiger partial charge is 0.320 e. The molecule has 0 aromatic carbocycles. The Morgan fingerprint density at radius 3 is 1.95 bits per heavy atom. The van der Waals surface area contributed by atoms with Crippen LogP contribution in [-0.2, 0) is 4.79 Å². The van der Waals surface area contributed by atoms with Crippen LogP contribution in [-0.4, -0.2) is 71.9 Å². The Bertz CT molecular complexity index is 313. The lowest BCUT2D eigenvalue weighted by Crippen LogP contribution is -2.54. The zero-order valence-electron chi connectivity index (χ0n) is 12.7. The molecular weight excluding hydrogens is 280 g/mol. The van der Waals surface area contributed by atoms with Crippen LogP contribution < -0.4 is 5.73 Å². The number of rotatable bonds is 4. The molecule has 6 nitrogen and oxygen atoms in total. The van der Waals surface area contributed by atoms with Crippen molar-refractivity contribution in [1.29, 1.82) is 0 Å². The molecule has 1 fully saturated rings. The van der Waals surface area contributed by atoms with Gasteiger partial charge < -0.3 is 20.4 Å². The predicted octanol–water partition coefficient (Wildman–Crippen LogP) is 0.752. The normalized spacial score (nSPS) is 16.4. The molecule has 0 radical (unpaired) electrons. The fourth-order valence-electron chi connectivity index (χ4n) is 2.25. The van der Waals surface area contributed by atoms with Gasteiger partial charge in [0.2, 0.25) is 5.91 Å². The van der Waals surface area contributed by atoms with Crippen molar-refractivity contribution in [1.82, 2.24) is 14.7 Å². The van der Waals surface area contributed by atoms with Gasteiger partial charge in [-0.25, -0.2) is 4.79 Å². The molecule has 1 rings (SSSR count). The fraction of sp³-hybridized carbons (Fsp3) is 0.846. The number of carbonyl (C=O) groups is 2. The Kier molecular flexibility index (Phi) is 8.57. The van der Waals surface area contributed by atoms with E-state index in [1.54, 1.807) is 9.80 Å². The summed E-state index contributed by atoms with van der Waals surface area (Å²) in [4.78, 5) is 29.4. The molecule has 0 saturated carbocycles. The third-order valence-electron chi connectivity index (χ3n) is 3.43. The molecule has 0 aliphatic carbocycles. The SMILES string of the molecule is CCN(CC)C(=O)N1CCN(C(=O)CC(C)N)CC1.Cl. The number of nitrogens with zero attached hydrogens (tertiary/aromatic N) is 3. The highest BCUT2D eigenvalue weighted by atomic mass is 35.5. The van der Waals surface area contributed by atoms with Crippen molar-refractivity contribution in [2.24, 2.45) is 5.73 Å². The van der Waals surface area contributed by atoms with Crippen LogP contribution in [0.2, 0.25) is 0 Å². The zero-order chi connectivity index (χ0) is 14.4. The van der Waals surface area contributed by atoms with Gasteiger partial charge in [0.15, 0.2) is 0 Å². The van der Waals surface area contributed by atoms with E-state index in [1.807, 2.05) is 25.7 Å². The van der Waals surface area contributed by atoms with Gasteiger partial charge in [-0.2, -0.15) is 0 Å². The highest BCUT2D eigenvalue weighted by Gasteiger charge is 2.26. The van der Waals surface area contributed by atoms with E-state index in [9.17, 15) is 9.59 Å². The van der Waals surface area contributed by atoms with E-state index in [0.29, 0.717) is 32.6 Å². The highest BCUT2D eigenvalue weighted by molar-refractivity contribution is 5.85. The van der Waals surface area contributed by atoms with E-state index >= 15 is 0 Å². The summed E-state index contributed by atoms with van der Waals surface area (Å²) >= 11 is 0. The standard InChI is InChI=1S/C13H26N4O2.ClH/c1-4-15(5-2)13(19)17-8-6-16(7-9-17)12(18)10-11(3)14;/h11H,4-10,14H2,1-3H3;1H. The maximum Gasteiger partial charge on any atom is 0.320 e. The van der Waals surface area contributed by atoms with Gasteiger partial charge in [-0.15, -0.1) is 12.4 Å². The van der Waals surface area contributed by atoms with Gasteiger partial charge in [-0.1, -0.05) is 0 Å². The fourth-order valence-corrected chi connectivity index (χ4v) is 2.25. The van der Waals surface area contributed by atoms with Gasteiger partial charge in [0.1, 0.15) is 0 Å². The molecule has 1 aliphatic heterocycles. The van der Waals surface area contributed by atoms with Crippen molar-refractivity contribution in [2.75, 3.05) is 39.3 Å². The number of urea groups is 1. The number of hydrogen-bond acceptors (Lipinski definition) is 3. The second kappa shape index (κ2) is 9.02. The molecule has 0 aromatic heterocycles. The lowest BCUT2D eigenvalue weighted by atomic mass is 10.2. The minimum absolute atomic E-state index is 0. The van der Waals surface area contributed by atoms with Gasteiger partial charge in [0.25, 0.3) is 0 Å². The molecule has 118 valence electrons. The van der Waals surface area contributed by atoms with Crippen LogP contribution in [0.4, 0.5) is 4.79 Å². The van der Waals surface area contributed by atoms with E-state index in [4.69, 9.17) is 5.73 Å². The van der Waals surface area contributed by atoms with Crippen molar-refractivity contribution in [3.05, 3.63) is 0 Å². The van der Waals surface area contributed by atoms with Gasteiger partial charge in [-0.3, -0.25) is 4.79 Å². The van der Waals surface area contributed by atoms with E-state index in [0.717, 1.165) is 13.1 Å². The maximum absolute atomic E-state index is 12.1. The second-order valence-corrected chi connectivity index (χ2v) is 5.00. The zero-order valence-corrected chi connectivity index (χ0v) is 13.5. The first-order chi connectivity index (χ1) is 8.99. The third kappa shape index (κ3) is 5.17. The van der Waals surface area contributed by atoms with Gasteiger partial charge in [0, 0.05) is 51.7 Å². The predicted molar refractivity (Wildman–Crippen MR) is 82.0 cm³/mol. The minimum atomic E-state index is -0.108. The van der Waals surface area contributed by atoms with Gasteiger partial charge >= 0.3 is 6.03 Å². The summed E-state index contributed by atoms with van der Waals surface area (Å²) in [6.07, 6.45) is 0.379. The Hall–Kier alpha value is -1.01. The van der Waals surface area contributed by atoms with Crippen LogP contribution in [0, 0.1) is 0 Å². The van der Waals surface area contributed by atoms with Crippen molar-refractivity contribution in [3.8, 4) is 0 Å². The average Bonchev–Trinajstić information content (AvgIpc) is 2.39. The molecule has 3 amide bonds. The summed E-state index contributed by atoms with van der Waals surface area (Å²) in [5, 5.41) is 0. The number of carbonyl (C=O) groups excluding carboxylic acids is 2. The summed E-state index contributed by atoms with van der Waals surface area (Å²) in [5.74, 6) is 0.0879. The summed E-state index contributed by atoms with van der Waals surface area (Å²) in [6.45, 7) is 9.67. The first-order valence-corrected chi connectivity index (χ1v) is 7.06. The molecule has 1 aliphatic rings. The Morgan fingerprint density at radius 2 is 1.55 bits per heavy atom. The molecule has 1 heterocycles. The van der Waals surface area contributed by atoms with Crippen molar-refractivity contribution in [2.45, 2.75) is 33.2 Å².